The standard InChI is InChI=1S/C21H24/c1-4-15(3)17-9-11-18(12-10-17)20-8-6-7-19-13-16(5-2)14-21(19)20/h6-12,14-15H,4-5,13H2,1-3H3. The summed E-state index contributed by atoms with van der Waals surface area (Å²) >= 11 is 0. The van der Waals surface area contributed by atoms with E-state index in [4.69, 9.17) is 0 Å². The van der Waals surface area contributed by atoms with Crippen molar-refractivity contribution in [2.24, 2.45) is 0 Å². The highest BCUT2D eigenvalue weighted by Gasteiger charge is 2.15. The molecule has 0 heterocycles. The molecular formula is C21H24. The van der Waals surface area contributed by atoms with Crippen molar-refractivity contribution >= 4 is 6.08 Å². The predicted molar refractivity (Wildman–Crippen MR) is 92.6 cm³/mol. The molecule has 21 heavy (non-hydrogen) atoms. The van der Waals surface area contributed by atoms with Gasteiger partial charge in [-0.3, -0.25) is 0 Å². The Hall–Kier alpha value is -1.82. The van der Waals surface area contributed by atoms with Crippen LogP contribution in [0.2, 0.25) is 0 Å². The van der Waals surface area contributed by atoms with E-state index in [9.17, 15) is 0 Å². The van der Waals surface area contributed by atoms with Crippen LogP contribution in [0.3, 0.4) is 0 Å². The van der Waals surface area contributed by atoms with E-state index in [0.29, 0.717) is 5.92 Å². The van der Waals surface area contributed by atoms with Crippen molar-refractivity contribution in [1.82, 2.24) is 0 Å². The molecule has 0 aliphatic heterocycles. The Bertz CT molecular complexity index is 659. The van der Waals surface area contributed by atoms with Crippen LogP contribution in [0.1, 0.15) is 56.2 Å². The Kier molecular flexibility index (Phi) is 3.96. The third-order valence-electron chi connectivity index (χ3n) is 4.82. The molecule has 1 aliphatic carbocycles. The molecule has 0 radical (unpaired) electrons. The number of hydrogen-bond acceptors (Lipinski definition) is 0. The lowest BCUT2D eigenvalue weighted by Crippen LogP contribution is -1.92. The molecule has 0 fully saturated rings. The first kappa shape index (κ1) is 14.1. The van der Waals surface area contributed by atoms with Crippen LogP contribution in [0.15, 0.2) is 48.0 Å². The summed E-state index contributed by atoms with van der Waals surface area (Å²) in [6, 6.07) is 15.9. The Labute approximate surface area is 128 Å². The van der Waals surface area contributed by atoms with Crippen LogP contribution in [0.25, 0.3) is 17.2 Å². The highest BCUT2D eigenvalue weighted by atomic mass is 14.2. The van der Waals surface area contributed by atoms with Crippen molar-refractivity contribution < 1.29 is 0 Å². The van der Waals surface area contributed by atoms with Crippen LogP contribution in [0.4, 0.5) is 0 Å². The molecule has 3 rings (SSSR count). The van der Waals surface area contributed by atoms with E-state index in [0.717, 1.165) is 12.8 Å². The molecule has 0 amide bonds. The van der Waals surface area contributed by atoms with Crippen molar-refractivity contribution in [3.8, 4) is 11.1 Å². The maximum Gasteiger partial charge on any atom is -0.00577 e. The first-order valence-electron chi connectivity index (χ1n) is 8.14. The van der Waals surface area contributed by atoms with Crippen LogP contribution in [0.5, 0.6) is 0 Å². The Balaban J connectivity index is 1.99. The molecule has 108 valence electrons. The zero-order valence-corrected chi connectivity index (χ0v) is 13.3. The highest BCUT2D eigenvalue weighted by Crippen LogP contribution is 2.35. The van der Waals surface area contributed by atoms with Gasteiger partial charge < -0.3 is 0 Å². The third-order valence-corrected chi connectivity index (χ3v) is 4.82. The maximum atomic E-state index is 2.40. The minimum absolute atomic E-state index is 0.645. The van der Waals surface area contributed by atoms with E-state index in [1.165, 1.54) is 34.2 Å². The second kappa shape index (κ2) is 5.89. The van der Waals surface area contributed by atoms with E-state index in [1.807, 2.05) is 0 Å². The van der Waals surface area contributed by atoms with Gasteiger partial charge in [0.2, 0.25) is 0 Å². The smallest absolute Gasteiger partial charge is 0.00577 e. The lowest BCUT2D eigenvalue weighted by atomic mass is 9.93. The molecule has 0 heteroatoms. The van der Waals surface area contributed by atoms with E-state index in [2.05, 4.69) is 69.3 Å². The number of hydrogen-bond donors (Lipinski definition) is 0. The molecule has 1 aliphatic rings. The van der Waals surface area contributed by atoms with Gasteiger partial charge in [-0.05, 0) is 53.0 Å². The number of rotatable bonds is 4. The molecule has 0 nitrogen and oxygen atoms in total. The predicted octanol–water partition coefficient (Wildman–Crippen LogP) is 6.22. The quantitative estimate of drug-likeness (QED) is 0.622. The molecule has 1 unspecified atom stereocenters. The van der Waals surface area contributed by atoms with Gasteiger partial charge in [0.05, 0.1) is 0 Å². The molecule has 2 aromatic rings. The fraction of sp³-hybridized carbons (Fsp3) is 0.333. The van der Waals surface area contributed by atoms with E-state index in [1.54, 1.807) is 5.57 Å². The minimum Gasteiger partial charge on any atom is -0.0655 e. The summed E-state index contributed by atoms with van der Waals surface area (Å²) in [5.41, 5.74) is 8.63. The van der Waals surface area contributed by atoms with Gasteiger partial charge in [0.25, 0.3) is 0 Å². The largest absolute Gasteiger partial charge is 0.0655 e. The lowest BCUT2D eigenvalue weighted by molar-refractivity contribution is 0.734. The fourth-order valence-corrected chi connectivity index (χ4v) is 3.14. The monoisotopic (exact) mass is 276 g/mol. The fourth-order valence-electron chi connectivity index (χ4n) is 3.14. The van der Waals surface area contributed by atoms with Gasteiger partial charge in [-0.15, -0.1) is 0 Å². The average Bonchev–Trinajstić information content (AvgIpc) is 2.97. The summed E-state index contributed by atoms with van der Waals surface area (Å²) in [6.07, 6.45) is 5.88. The van der Waals surface area contributed by atoms with Crippen molar-refractivity contribution in [3.05, 3.63) is 64.7 Å². The summed E-state index contributed by atoms with van der Waals surface area (Å²) in [4.78, 5) is 0. The van der Waals surface area contributed by atoms with Gasteiger partial charge >= 0.3 is 0 Å². The first-order valence-corrected chi connectivity index (χ1v) is 8.14. The number of fused-ring (bicyclic) bond motifs is 1. The molecule has 0 N–H and O–H groups in total. The van der Waals surface area contributed by atoms with E-state index >= 15 is 0 Å². The Morgan fingerprint density at radius 2 is 1.76 bits per heavy atom. The molecule has 0 saturated carbocycles. The van der Waals surface area contributed by atoms with Crippen LogP contribution in [-0.4, -0.2) is 0 Å². The summed E-state index contributed by atoms with van der Waals surface area (Å²) in [7, 11) is 0. The van der Waals surface area contributed by atoms with E-state index in [-0.39, 0.29) is 0 Å². The Morgan fingerprint density at radius 1 is 1.00 bits per heavy atom. The molecule has 0 spiro atoms. The normalized spacial score (nSPS) is 14.7. The summed E-state index contributed by atoms with van der Waals surface area (Å²) < 4.78 is 0. The summed E-state index contributed by atoms with van der Waals surface area (Å²) in [5, 5.41) is 0. The van der Waals surface area contributed by atoms with Crippen molar-refractivity contribution in [2.75, 3.05) is 0 Å². The van der Waals surface area contributed by atoms with Crippen LogP contribution in [0, 0.1) is 0 Å². The first-order chi connectivity index (χ1) is 10.2. The van der Waals surface area contributed by atoms with Crippen LogP contribution >= 0.6 is 0 Å². The number of benzene rings is 2. The summed E-state index contributed by atoms with van der Waals surface area (Å²) in [6.45, 7) is 6.80. The lowest BCUT2D eigenvalue weighted by Gasteiger charge is -2.12. The van der Waals surface area contributed by atoms with Gasteiger partial charge in [-0.25, -0.2) is 0 Å². The summed E-state index contributed by atoms with van der Waals surface area (Å²) in [5.74, 6) is 0.645. The zero-order valence-electron chi connectivity index (χ0n) is 13.3. The van der Waals surface area contributed by atoms with Gasteiger partial charge in [0.15, 0.2) is 0 Å². The second-order valence-electron chi connectivity index (χ2n) is 6.14. The zero-order chi connectivity index (χ0) is 14.8. The molecule has 1 atom stereocenters. The molecule has 0 saturated heterocycles. The van der Waals surface area contributed by atoms with Crippen LogP contribution in [-0.2, 0) is 6.42 Å². The maximum absolute atomic E-state index is 2.40. The van der Waals surface area contributed by atoms with Crippen molar-refractivity contribution in [1.29, 1.82) is 0 Å². The molecule has 0 bridgehead atoms. The highest BCUT2D eigenvalue weighted by molar-refractivity contribution is 5.80. The third kappa shape index (κ3) is 2.68. The SMILES string of the molecule is CCC1=Cc2c(cccc2-c2ccc(C(C)CC)cc2)C1. The van der Waals surface area contributed by atoms with Gasteiger partial charge in [0, 0.05) is 0 Å². The van der Waals surface area contributed by atoms with Crippen LogP contribution < -0.4 is 0 Å². The van der Waals surface area contributed by atoms with E-state index < -0.39 is 0 Å². The molecule has 2 aromatic carbocycles. The average molecular weight is 276 g/mol. The van der Waals surface area contributed by atoms with Gasteiger partial charge in [0.1, 0.15) is 0 Å². The molecule has 0 aromatic heterocycles. The Morgan fingerprint density at radius 3 is 2.43 bits per heavy atom. The van der Waals surface area contributed by atoms with Gasteiger partial charge in [-0.1, -0.05) is 74.9 Å². The number of allylic oxidation sites excluding steroid dienone is 1. The van der Waals surface area contributed by atoms with Crippen molar-refractivity contribution in [2.45, 2.75) is 46.0 Å². The second-order valence-corrected chi connectivity index (χ2v) is 6.14. The topological polar surface area (TPSA) is 0 Å². The minimum atomic E-state index is 0.645. The molecular weight excluding hydrogens is 252 g/mol. The van der Waals surface area contributed by atoms with Gasteiger partial charge in [-0.2, -0.15) is 0 Å². The van der Waals surface area contributed by atoms with Crippen molar-refractivity contribution in [3.63, 3.8) is 0 Å².